The molecular weight excluding hydrogens is 321 g/mol. The van der Waals surface area contributed by atoms with Crippen LogP contribution in [0.2, 0.25) is 5.02 Å². The maximum Gasteiger partial charge on any atom is 0.321 e. The summed E-state index contributed by atoms with van der Waals surface area (Å²) in [5, 5.41) is 0.0760. The summed E-state index contributed by atoms with van der Waals surface area (Å²) < 4.78 is 44.0. The highest BCUT2D eigenvalue weighted by Crippen LogP contribution is 2.22. The van der Waals surface area contributed by atoms with Crippen molar-refractivity contribution in [2.75, 3.05) is 19.7 Å². The zero-order valence-electron chi connectivity index (χ0n) is 11.4. The van der Waals surface area contributed by atoms with Gasteiger partial charge in [0.2, 0.25) is 10.0 Å². The molecule has 0 bridgehead atoms. The lowest BCUT2D eigenvalue weighted by Crippen LogP contribution is -2.37. The van der Waals surface area contributed by atoms with Crippen LogP contribution < -0.4 is 0 Å². The Labute approximate surface area is 128 Å². The van der Waals surface area contributed by atoms with Crippen LogP contribution in [0.25, 0.3) is 0 Å². The lowest BCUT2D eigenvalue weighted by atomic mass is 10.3. The molecular formula is C13H15ClFNO4S. The molecule has 0 heterocycles. The maximum absolute atomic E-state index is 13.8. The lowest BCUT2D eigenvalue weighted by molar-refractivity contribution is -0.143. The summed E-state index contributed by atoms with van der Waals surface area (Å²) in [6.45, 7) is 4.47. The SMILES string of the molecule is C=CCN(CC(=O)OCC)S(=O)(=O)c1ccc(Cl)cc1F. The number of benzene rings is 1. The Bertz CT molecular complexity index is 633. The van der Waals surface area contributed by atoms with Crippen LogP contribution in [-0.2, 0) is 19.6 Å². The number of carbonyl (C=O) groups is 1. The quantitative estimate of drug-likeness (QED) is 0.566. The van der Waals surface area contributed by atoms with Gasteiger partial charge in [0.15, 0.2) is 0 Å². The van der Waals surface area contributed by atoms with Gasteiger partial charge in [0, 0.05) is 11.6 Å². The fourth-order valence-corrected chi connectivity index (χ4v) is 3.13. The van der Waals surface area contributed by atoms with Gasteiger partial charge in [-0.2, -0.15) is 4.31 Å². The van der Waals surface area contributed by atoms with Gasteiger partial charge in [-0.3, -0.25) is 4.79 Å². The molecule has 1 aromatic carbocycles. The first kappa shape index (κ1) is 17.6. The van der Waals surface area contributed by atoms with Crippen LogP contribution in [0.3, 0.4) is 0 Å². The molecule has 0 aliphatic heterocycles. The number of hydrogen-bond donors (Lipinski definition) is 0. The molecule has 0 amide bonds. The Kier molecular flexibility index (Phi) is 6.32. The third-order valence-electron chi connectivity index (χ3n) is 2.46. The lowest BCUT2D eigenvalue weighted by Gasteiger charge is -2.20. The Morgan fingerprint density at radius 3 is 2.71 bits per heavy atom. The second kappa shape index (κ2) is 7.53. The van der Waals surface area contributed by atoms with Gasteiger partial charge in [-0.1, -0.05) is 17.7 Å². The topological polar surface area (TPSA) is 63.7 Å². The number of rotatable bonds is 7. The van der Waals surface area contributed by atoms with Gasteiger partial charge in [-0.15, -0.1) is 6.58 Å². The first-order valence-electron chi connectivity index (χ1n) is 6.04. The second-order valence-electron chi connectivity index (χ2n) is 3.97. The van der Waals surface area contributed by atoms with E-state index >= 15 is 0 Å². The van der Waals surface area contributed by atoms with Crippen molar-refractivity contribution in [3.05, 3.63) is 41.7 Å². The molecule has 116 valence electrons. The van der Waals surface area contributed by atoms with Gasteiger partial charge in [0.05, 0.1) is 6.61 Å². The minimum atomic E-state index is -4.20. The van der Waals surface area contributed by atoms with Gasteiger partial charge < -0.3 is 4.74 Å². The Balaban J connectivity index is 3.15. The molecule has 0 spiro atoms. The smallest absolute Gasteiger partial charge is 0.321 e. The average molecular weight is 336 g/mol. The van der Waals surface area contributed by atoms with Crippen molar-refractivity contribution in [3.8, 4) is 0 Å². The van der Waals surface area contributed by atoms with Crippen molar-refractivity contribution in [2.24, 2.45) is 0 Å². The van der Waals surface area contributed by atoms with Crippen LogP contribution in [-0.4, -0.2) is 38.4 Å². The van der Waals surface area contributed by atoms with Crippen LogP contribution >= 0.6 is 11.6 Å². The van der Waals surface area contributed by atoms with E-state index in [1.807, 2.05) is 0 Å². The molecule has 0 saturated heterocycles. The average Bonchev–Trinajstić information content (AvgIpc) is 2.38. The molecule has 0 N–H and O–H groups in total. The third kappa shape index (κ3) is 4.52. The van der Waals surface area contributed by atoms with Crippen LogP contribution in [0.15, 0.2) is 35.7 Å². The fourth-order valence-electron chi connectivity index (χ4n) is 1.57. The predicted octanol–water partition coefficient (Wildman–Crippen LogP) is 2.22. The Morgan fingerprint density at radius 1 is 1.52 bits per heavy atom. The molecule has 0 atom stereocenters. The van der Waals surface area contributed by atoms with E-state index in [9.17, 15) is 17.6 Å². The number of halogens is 2. The molecule has 0 fully saturated rings. The largest absolute Gasteiger partial charge is 0.465 e. The number of ether oxygens (including phenoxy) is 1. The monoisotopic (exact) mass is 335 g/mol. The Morgan fingerprint density at radius 2 is 2.19 bits per heavy atom. The van der Waals surface area contributed by atoms with Crippen molar-refractivity contribution in [1.82, 2.24) is 4.31 Å². The zero-order chi connectivity index (χ0) is 16.0. The summed E-state index contributed by atoms with van der Waals surface area (Å²) in [5.74, 6) is -1.71. The first-order valence-corrected chi connectivity index (χ1v) is 7.86. The standard InChI is InChI=1S/C13H15ClFNO4S/c1-3-7-16(9-13(17)20-4-2)21(18,19)12-6-5-10(14)8-11(12)15/h3,5-6,8H,1,4,7,9H2,2H3. The summed E-state index contributed by atoms with van der Waals surface area (Å²) in [4.78, 5) is 10.9. The minimum Gasteiger partial charge on any atom is -0.465 e. The highest BCUT2D eigenvalue weighted by Gasteiger charge is 2.28. The van der Waals surface area contributed by atoms with Crippen LogP contribution in [0.1, 0.15) is 6.92 Å². The van der Waals surface area contributed by atoms with Gasteiger partial charge >= 0.3 is 5.97 Å². The summed E-state index contributed by atoms with van der Waals surface area (Å²) >= 11 is 5.59. The number of carbonyl (C=O) groups excluding carboxylic acids is 1. The molecule has 5 nitrogen and oxygen atoms in total. The molecule has 1 aromatic rings. The highest BCUT2D eigenvalue weighted by molar-refractivity contribution is 7.89. The van der Waals surface area contributed by atoms with Crippen molar-refractivity contribution in [2.45, 2.75) is 11.8 Å². The van der Waals surface area contributed by atoms with E-state index in [1.165, 1.54) is 12.1 Å². The van der Waals surface area contributed by atoms with E-state index in [1.54, 1.807) is 6.92 Å². The van der Waals surface area contributed by atoms with E-state index in [4.69, 9.17) is 16.3 Å². The van der Waals surface area contributed by atoms with E-state index in [-0.39, 0.29) is 18.2 Å². The number of sulfonamides is 1. The van der Waals surface area contributed by atoms with Crippen LogP contribution in [0.5, 0.6) is 0 Å². The summed E-state index contributed by atoms with van der Waals surface area (Å²) in [5.41, 5.74) is 0. The van der Waals surface area contributed by atoms with Gasteiger partial charge in [0.1, 0.15) is 17.3 Å². The highest BCUT2D eigenvalue weighted by atomic mass is 35.5. The molecule has 0 radical (unpaired) electrons. The molecule has 21 heavy (non-hydrogen) atoms. The zero-order valence-corrected chi connectivity index (χ0v) is 13.0. The first-order chi connectivity index (χ1) is 9.82. The number of nitrogens with zero attached hydrogens (tertiary/aromatic N) is 1. The Hall–Kier alpha value is -1.44. The molecule has 8 heteroatoms. The third-order valence-corrected chi connectivity index (χ3v) is 4.54. The summed E-state index contributed by atoms with van der Waals surface area (Å²) in [6, 6.07) is 3.20. The number of esters is 1. The second-order valence-corrected chi connectivity index (χ2v) is 6.31. The van der Waals surface area contributed by atoms with Gasteiger partial charge in [-0.05, 0) is 25.1 Å². The summed E-state index contributed by atoms with van der Waals surface area (Å²) in [7, 11) is -4.20. The van der Waals surface area contributed by atoms with Crippen LogP contribution in [0, 0.1) is 5.82 Å². The van der Waals surface area contributed by atoms with E-state index in [0.717, 1.165) is 16.4 Å². The molecule has 1 rings (SSSR count). The fraction of sp³-hybridized carbons (Fsp3) is 0.308. The van der Waals surface area contributed by atoms with E-state index < -0.39 is 33.3 Å². The normalized spacial score (nSPS) is 11.4. The molecule has 0 saturated carbocycles. The van der Waals surface area contributed by atoms with Gasteiger partial charge in [0.25, 0.3) is 0 Å². The molecule has 0 aliphatic rings. The summed E-state index contributed by atoms with van der Waals surface area (Å²) in [6.07, 6.45) is 1.30. The van der Waals surface area contributed by atoms with Crippen molar-refractivity contribution < 1.29 is 22.3 Å². The van der Waals surface area contributed by atoms with Gasteiger partial charge in [-0.25, -0.2) is 12.8 Å². The van der Waals surface area contributed by atoms with Crippen molar-refractivity contribution >= 4 is 27.6 Å². The van der Waals surface area contributed by atoms with Crippen LogP contribution in [0.4, 0.5) is 4.39 Å². The molecule has 0 aliphatic carbocycles. The minimum absolute atomic E-state index is 0.0760. The number of hydrogen-bond acceptors (Lipinski definition) is 4. The predicted molar refractivity (Wildman–Crippen MR) is 77.0 cm³/mol. The van der Waals surface area contributed by atoms with Crippen molar-refractivity contribution in [1.29, 1.82) is 0 Å². The molecule has 0 unspecified atom stereocenters. The van der Waals surface area contributed by atoms with E-state index in [2.05, 4.69) is 6.58 Å². The van der Waals surface area contributed by atoms with E-state index in [0.29, 0.717) is 0 Å². The molecule has 0 aromatic heterocycles. The van der Waals surface area contributed by atoms with Crippen molar-refractivity contribution in [3.63, 3.8) is 0 Å². The maximum atomic E-state index is 13.8.